The molecule has 1 aliphatic heterocycles. The van der Waals surface area contributed by atoms with E-state index < -0.39 is 0 Å². The van der Waals surface area contributed by atoms with Crippen molar-refractivity contribution in [2.45, 2.75) is 17.9 Å². The summed E-state index contributed by atoms with van der Waals surface area (Å²) in [4.78, 5) is 0. The summed E-state index contributed by atoms with van der Waals surface area (Å²) in [7, 11) is 0. The van der Waals surface area contributed by atoms with Gasteiger partial charge in [-0.2, -0.15) is 0 Å². The predicted octanol–water partition coefficient (Wildman–Crippen LogP) is 3.12. The van der Waals surface area contributed by atoms with Crippen LogP contribution in [0.25, 0.3) is 0 Å². The molecule has 1 aromatic carbocycles. The standard InChI is InChI=1S/C9H9Br2N/c1-9(11)8-3-2-7(10)4-6(8)5-12-9/h2-4,12H,5H2,1H3. The fourth-order valence-corrected chi connectivity index (χ4v) is 2.46. The zero-order valence-electron chi connectivity index (χ0n) is 6.70. The topological polar surface area (TPSA) is 12.0 Å². The fourth-order valence-electron chi connectivity index (χ4n) is 1.52. The lowest BCUT2D eigenvalue weighted by molar-refractivity contribution is 0.590. The first-order valence-electron chi connectivity index (χ1n) is 3.82. The number of fused-ring (bicyclic) bond motifs is 1. The molecule has 0 radical (unpaired) electrons. The molecule has 2 rings (SSSR count). The Kier molecular flexibility index (Phi) is 2.05. The van der Waals surface area contributed by atoms with Crippen molar-refractivity contribution in [3.8, 4) is 0 Å². The second-order valence-electron chi connectivity index (χ2n) is 3.16. The molecule has 0 spiro atoms. The highest BCUT2D eigenvalue weighted by Gasteiger charge is 2.30. The second-order valence-corrected chi connectivity index (χ2v) is 5.66. The Morgan fingerprint density at radius 1 is 1.50 bits per heavy atom. The van der Waals surface area contributed by atoms with E-state index >= 15 is 0 Å². The molecule has 1 aliphatic rings. The van der Waals surface area contributed by atoms with E-state index in [-0.39, 0.29) is 4.45 Å². The van der Waals surface area contributed by atoms with E-state index in [4.69, 9.17) is 0 Å². The van der Waals surface area contributed by atoms with Gasteiger partial charge in [0, 0.05) is 11.0 Å². The van der Waals surface area contributed by atoms with Crippen LogP contribution in [0.1, 0.15) is 18.1 Å². The summed E-state index contributed by atoms with van der Waals surface area (Å²) in [6, 6.07) is 6.38. The number of rotatable bonds is 0. The van der Waals surface area contributed by atoms with Gasteiger partial charge in [-0.15, -0.1) is 0 Å². The molecule has 0 saturated heterocycles. The van der Waals surface area contributed by atoms with Gasteiger partial charge in [0.25, 0.3) is 0 Å². The molecule has 0 aromatic heterocycles. The highest BCUT2D eigenvalue weighted by Crippen LogP contribution is 2.36. The van der Waals surface area contributed by atoms with E-state index in [2.05, 4.69) is 62.3 Å². The van der Waals surface area contributed by atoms with E-state index in [9.17, 15) is 0 Å². The van der Waals surface area contributed by atoms with E-state index in [0.717, 1.165) is 11.0 Å². The van der Waals surface area contributed by atoms with Crippen molar-refractivity contribution in [3.63, 3.8) is 0 Å². The molecule has 1 nitrogen and oxygen atoms in total. The van der Waals surface area contributed by atoms with Gasteiger partial charge in [0.05, 0.1) is 4.45 Å². The van der Waals surface area contributed by atoms with E-state index in [1.807, 2.05) is 0 Å². The number of benzene rings is 1. The molecule has 0 amide bonds. The molecule has 0 saturated carbocycles. The Bertz CT molecular complexity index is 320. The summed E-state index contributed by atoms with van der Waals surface area (Å²) >= 11 is 7.10. The molecule has 1 N–H and O–H groups in total. The average molecular weight is 291 g/mol. The van der Waals surface area contributed by atoms with Crippen LogP contribution in [-0.4, -0.2) is 0 Å². The lowest BCUT2D eigenvalue weighted by atomic mass is 10.1. The van der Waals surface area contributed by atoms with Crippen LogP contribution in [0.5, 0.6) is 0 Å². The summed E-state index contributed by atoms with van der Waals surface area (Å²) in [5.41, 5.74) is 2.70. The maximum Gasteiger partial charge on any atom is 0.0974 e. The fraction of sp³-hybridized carbons (Fsp3) is 0.333. The molecule has 1 heterocycles. The second kappa shape index (κ2) is 2.82. The van der Waals surface area contributed by atoms with Crippen molar-refractivity contribution in [1.29, 1.82) is 0 Å². The van der Waals surface area contributed by atoms with Crippen LogP contribution >= 0.6 is 31.9 Å². The number of alkyl halides is 1. The summed E-state index contributed by atoms with van der Waals surface area (Å²) in [6.07, 6.45) is 0. The molecular weight excluding hydrogens is 282 g/mol. The molecule has 1 unspecified atom stereocenters. The van der Waals surface area contributed by atoms with Gasteiger partial charge >= 0.3 is 0 Å². The Morgan fingerprint density at radius 3 is 3.00 bits per heavy atom. The van der Waals surface area contributed by atoms with Gasteiger partial charge in [0.1, 0.15) is 0 Å². The number of nitrogens with one attached hydrogen (secondary N) is 1. The van der Waals surface area contributed by atoms with Crippen molar-refractivity contribution in [2.24, 2.45) is 0 Å². The Hall–Kier alpha value is 0.140. The normalized spacial score (nSPS) is 27.2. The van der Waals surface area contributed by atoms with E-state index in [1.165, 1.54) is 11.1 Å². The summed E-state index contributed by atoms with van der Waals surface area (Å²) in [5, 5.41) is 3.38. The van der Waals surface area contributed by atoms with Gasteiger partial charge in [0.15, 0.2) is 0 Å². The molecule has 12 heavy (non-hydrogen) atoms. The molecule has 0 aliphatic carbocycles. The lowest BCUT2D eigenvalue weighted by Crippen LogP contribution is -2.25. The zero-order chi connectivity index (χ0) is 8.77. The van der Waals surface area contributed by atoms with Gasteiger partial charge in [-0.25, -0.2) is 0 Å². The van der Waals surface area contributed by atoms with E-state index in [0.29, 0.717) is 0 Å². The van der Waals surface area contributed by atoms with Crippen LogP contribution in [0.3, 0.4) is 0 Å². The summed E-state index contributed by atoms with van der Waals surface area (Å²) in [6.45, 7) is 3.07. The van der Waals surface area contributed by atoms with Crippen LogP contribution in [-0.2, 0) is 11.0 Å². The minimum atomic E-state index is -0.0387. The van der Waals surface area contributed by atoms with Crippen LogP contribution in [0.2, 0.25) is 0 Å². The van der Waals surface area contributed by atoms with Crippen LogP contribution in [0.15, 0.2) is 22.7 Å². The third-order valence-electron chi connectivity index (χ3n) is 2.18. The zero-order valence-corrected chi connectivity index (χ0v) is 9.87. The first-order valence-corrected chi connectivity index (χ1v) is 5.41. The Morgan fingerprint density at radius 2 is 2.25 bits per heavy atom. The van der Waals surface area contributed by atoms with Gasteiger partial charge in [0.2, 0.25) is 0 Å². The molecule has 3 heteroatoms. The molecule has 0 bridgehead atoms. The lowest BCUT2D eigenvalue weighted by Gasteiger charge is -2.16. The Labute approximate surface area is 88.8 Å². The maximum absolute atomic E-state index is 3.64. The highest BCUT2D eigenvalue weighted by molar-refractivity contribution is 9.10. The number of hydrogen-bond acceptors (Lipinski definition) is 1. The number of hydrogen-bond donors (Lipinski definition) is 1. The number of halogens is 2. The molecule has 0 fully saturated rings. The van der Waals surface area contributed by atoms with Gasteiger partial charge < -0.3 is 0 Å². The first-order chi connectivity index (χ1) is 5.59. The van der Waals surface area contributed by atoms with Crippen molar-refractivity contribution in [3.05, 3.63) is 33.8 Å². The molecule has 1 aromatic rings. The smallest absolute Gasteiger partial charge is 0.0974 e. The monoisotopic (exact) mass is 289 g/mol. The third kappa shape index (κ3) is 1.34. The largest absolute Gasteiger partial charge is 0.295 e. The minimum absolute atomic E-state index is 0.0387. The van der Waals surface area contributed by atoms with Gasteiger partial charge in [-0.1, -0.05) is 37.9 Å². The first kappa shape index (κ1) is 8.73. The van der Waals surface area contributed by atoms with Crippen molar-refractivity contribution in [1.82, 2.24) is 5.32 Å². The van der Waals surface area contributed by atoms with Gasteiger partial charge in [-0.3, -0.25) is 5.32 Å². The van der Waals surface area contributed by atoms with Crippen LogP contribution in [0.4, 0.5) is 0 Å². The highest BCUT2D eigenvalue weighted by atomic mass is 79.9. The summed E-state index contributed by atoms with van der Waals surface area (Å²) < 4.78 is 1.11. The Balaban J connectivity index is 2.55. The van der Waals surface area contributed by atoms with E-state index in [1.54, 1.807) is 0 Å². The van der Waals surface area contributed by atoms with Crippen molar-refractivity contribution < 1.29 is 0 Å². The maximum atomic E-state index is 3.64. The van der Waals surface area contributed by atoms with Crippen molar-refractivity contribution in [2.75, 3.05) is 0 Å². The SMILES string of the molecule is CC1(Br)NCc2cc(Br)ccc21. The molecule has 1 atom stereocenters. The van der Waals surface area contributed by atoms with Crippen LogP contribution < -0.4 is 5.32 Å². The quantitative estimate of drug-likeness (QED) is 0.572. The predicted molar refractivity (Wildman–Crippen MR) is 57.3 cm³/mol. The van der Waals surface area contributed by atoms with Crippen LogP contribution in [0, 0.1) is 0 Å². The van der Waals surface area contributed by atoms with Crippen molar-refractivity contribution >= 4 is 31.9 Å². The van der Waals surface area contributed by atoms with Gasteiger partial charge in [-0.05, 0) is 30.2 Å². The average Bonchev–Trinajstić information content (AvgIpc) is 2.27. The molecular formula is C9H9Br2N. The molecule has 64 valence electrons. The minimum Gasteiger partial charge on any atom is -0.295 e. The summed E-state index contributed by atoms with van der Waals surface area (Å²) in [5.74, 6) is 0. The third-order valence-corrected chi connectivity index (χ3v) is 3.38.